The zero-order valence-electron chi connectivity index (χ0n) is 19.1. The molecule has 0 radical (unpaired) electrons. The van der Waals surface area contributed by atoms with Gasteiger partial charge in [-0.05, 0) is 35.2 Å². The van der Waals surface area contributed by atoms with Crippen molar-refractivity contribution in [1.82, 2.24) is 4.90 Å². The van der Waals surface area contributed by atoms with Crippen LogP contribution in [0, 0.1) is 17.7 Å². The Bertz CT molecular complexity index is 1340. The van der Waals surface area contributed by atoms with Crippen molar-refractivity contribution in [2.75, 3.05) is 0 Å². The van der Waals surface area contributed by atoms with Crippen LogP contribution in [0.2, 0.25) is 0 Å². The van der Waals surface area contributed by atoms with Gasteiger partial charge < -0.3 is 4.74 Å². The zero-order chi connectivity index (χ0) is 25.4. The van der Waals surface area contributed by atoms with Gasteiger partial charge in [-0.25, -0.2) is 9.18 Å². The third-order valence-electron chi connectivity index (χ3n) is 7.68. The molecule has 2 bridgehead atoms. The lowest BCUT2D eigenvalue weighted by Gasteiger charge is -2.54. The van der Waals surface area contributed by atoms with Gasteiger partial charge in [-0.15, -0.1) is 23.2 Å². The van der Waals surface area contributed by atoms with Crippen molar-refractivity contribution in [3.63, 3.8) is 0 Å². The molecule has 3 aliphatic carbocycles. The SMILES string of the molecule is C[C@@H](C(=O)OCc1ccccc1F)N1C(=O)[C@@H]2[C@H](C1=O)C1(Cl)c3ccccc3C2(Cl)c2ccccc21. The highest BCUT2D eigenvalue weighted by atomic mass is 35.5. The fraction of sp³-hybridized carbons (Fsp3) is 0.250. The van der Waals surface area contributed by atoms with Crippen LogP contribution >= 0.6 is 23.2 Å². The van der Waals surface area contributed by atoms with E-state index in [1.165, 1.54) is 25.1 Å². The van der Waals surface area contributed by atoms with E-state index in [4.69, 9.17) is 27.9 Å². The number of ether oxygens (including phenoxy) is 1. The van der Waals surface area contributed by atoms with Crippen molar-refractivity contribution < 1.29 is 23.5 Å². The fourth-order valence-electron chi connectivity index (χ4n) is 6.06. The lowest BCUT2D eigenvalue weighted by molar-refractivity contribution is -0.159. The Morgan fingerprint density at radius 1 is 0.861 bits per heavy atom. The summed E-state index contributed by atoms with van der Waals surface area (Å²) in [5.74, 6) is -4.51. The second-order valence-electron chi connectivity index (χ2n) is 9.39. The van der Waals surface area contributed by atoms with E-state index < -0.39 is 51.2 Å². The summed E-state index contributed by atoms with van der Waals surface area (Å²) in [7, 11) is 0. The summed E-state index contributed by atoms with van der Waals surface area (Å²) in [6, 6.07) is 19.3. The number of amides is 2. The topological polar surface area (TPSA) is 63.7 Å². The van der Waals surface area contributed by atoms with Crippen molar-refractivity contribution >= 4 is 41.0 Å². The lowest BCUT2D eigenvalue weighted by Crippen LogP contribution is -2.57. The second-order valence-corrected chi connectivity index (χ2v) is 10.6. The number of alkyl halides is 2. The first-order valence-corrected chi connectivity index (χ1v) is 12.3. The molecule has 0 unspecified atom stereocenters. The first kappa shape index (κ1) is 23.2. The third kappa shape index (κ3) is 2.80. The monoisotopic (exact) mass is 523 g/mol. The fourth-order valence-corrected chi connectivity index (χ4v) is 7.16. The third-order valence-corrected chi connectivity index (χ3v) is 8.96. The summed E-state index contributed by atoms with van der Waals surface area (Å²) in [5.41, 5.74) is 2.91. The highest BCUT2D eigenvalue weighted by Gasteiger charge is 2.73. The summed E-state index contributed by atoms with van der Waals surface area (Å²) >= 11 is 14.7. The number of rotatable bonds is 4. The highest BCUT2D eigenvalue weighted by Crippen LogP contribution is 2.69. The summed E-state index contributed by atoms with van der Waals surface area (Å²) in [6.07, 6.45) is 0. The Labute approximate surface area is 216 Å². The molecule has 2 amide bonds. The number of hydrogen-bond donors (Lipinski definition) is 0. The second kappa shape index (κ2) is 7.89. The van der Waals surface area contributed by atoms with Gasteiger partial charge in [0, 0.05) is 5.56 Å². The molecule has 0 spiro atoms. The molecule has 1 aliphatic heterocycles. The maximum absolute atomic E-state index is 14.0. The van der Waals surface area contributed by atoms with Crippen LogP contribution in [-0.4, -0.2) is 28.7 Å². The van der Waals surface area contributed by atoms with Crippen LogP contribution in [0.1, 0.15) is 34.7 Å². The predicted molar refractivity (Wildman–Crippen MR) is 131 cm³/mol. The number of carbonyl (C=O) groups excluding carboxylic acids is 3. The number of benzene rings is 3. The Hall–Kier alpha value is -3.22. The summed E-state index contributed by atoms with van der Waals surface area (Å²) < 4.78 is 19.3. The van der Waals surface area contributed by atoms with Crippen molar-refractivity contribution in [2.24, 2.45) is 11.8 Å². The zero-order valence-corrected chi connectivity index (χ0v) is 20.6. The Kier molecular flexibility index (Phi) is 5.08. The molecular formula is C28H20Cl2FNO4. The molecular weight excluding hydrogens is 504 g/mol. The molecule has 1 saturated heterocycles. The molecule has 1 fully saturated rings. The largest absolute Gasteiger partial charge is 0.459 e. The molecule has 3 atom stereocenters. The molecule has 5 nitrogen and oxygen atoms in total. The van der Waals surface area contributed by atoms with Crippen LogP contribution in [-0.2, 0) is 35.5 Å². The molecule has 7 rings (SSSR count). The van der Waals surface area contributed by atoms with Crippen molar-refractivity contribution in [2.45, 2.75) is 29.3 Å². The van der Waals surface area contributed by atoms with Crippen LogP contribution in [0.15, 0.2) is 72.8 Å². The van der Waals surface area contributed by atoms with Crippen LogP contribution < -0.4 is 0 Å². The molecule has 1 heterocycles. The lowest BCUT2D eigenvalue weighted by atomic mass is 9.54. The Balaban J connectivity index is 1.40. The number of nitrogens with zero attached hydrogens (tertiary/aromatic N) is 1. The van der Waals surface area contributed by atoms with E-state index in [9.17, 15) is 18.8 Å². The Morgan fingerprint density at radius 2 is 1.28 bits per heavy atom. The summed E-state index contributed by atoms with van der Waals surface area (Å²) in [5, 5.41) is 0. The van der Waals surface area contributed by atoms with Gasteiger partial charge >= 0.3 is 5.97 Å². The standard InChI is InChI=1S/C28H20Cl2FNO4/c1-15(26(35)36-14-16-8-2-7-13-21(16)31)32-24(33)22-23(25(32)34)28(30)18-10-4-3-9-17(18)27(22,29)19-11-5-6-12-20(19)28/h2-13,15,22-23H,14H2,1H3/t15-,22-,23+,27?,28?/m0/s1. The van der Waals surface area contributed by atoms with Gasteiger partial charge in [0.15, 0.2) is 0 Å². The van der Waals surface area contributed by atoms with Crippen LogP contribution in [0.4, 0.5) is 4.39 Å². The van der Waals surface area contributed by atoms with E-state index in [2.05, 4.69) is 0 Å². The highest BCUT2D eigenvalue weighted by molar-refractivity contribution is 6.36. The van der Waals surface area contributed by atoms with Crippen molar-refractivity contribution in [3.05, 3.63) is 106 Å². The maximum Gasteiger partial charge on any atom is 0.329 e. The minimum absolute atomic E-state index is 0.189. The average Bonchev–Trinajstić information content (AvgIpc) is 3.17. The molecule has 3 aromatic rings. The number of carbonyl (C=O) groups is 3. The number of likely N-dealkylation sites (tertiary alicyclic amines) is 1. The van der Waals surface area contributed by atoms with Crippen LogP contribution in [0.25, 0.3) is 0 Å². The summed E-state index contributed by atoms with van der Waals surface area (Å²) in [6.45, 7) is 1.09. The van der Waals surface area contributed by atoms with E-state index in [0.717, 1.165) is 4.90 Å². The number of esters is 1. The minimum Gasteiger partial charge on any atom is -0.459 e. The molecule has 3 aromatic carbocycles. The van der Waals surface area contributed by atoms with Crippen molar-refractivity contribution in [3.8, 4) is 0 Å². The molecule has 0 aromatic heterocycles. The molecule has 0 saturated carbocycles. The van der Waals surface area contributed by atoms with Gasteiger partial charge in [-0.1, -0.05) is 66.7 Å². The van der Waals surface area contributed by atoms with Gasteiger partial charge in [0.25, 0.3) is 0 Å². The number of halogens is 3. The minimum atomic E-state index is -1.33. The quantitative estimate of drug-likeness (QED) is 0.278. The normalized spacial score (nSPS) is 28.4. The maximum atomic E-state index is 14.0. The van der Waals surface area contributed by atoms with Gasteiger partial charge in [0.1, 0.15) is 28.2 Å². The molecule has 8 heteroatoms. The van der Waals surface area contributed by atoms with E-state index >= 15 is 0 Å². The van der Waals surface area contributed by atoms with Crippen LogP contribution in [0.5, 0.6) is 0 Å². The van der Waals surface area contributed by atoms with Crippen LogP contribution in [0.3, 0.4) is 0 Å². The van der Waals surface area contributed by atoms with Gasteiger partial charge in [-0.3, -0.25) is 14.5 Å². The average molecular weight is 524 g/mol. The van der Waals surface area contributed by atoms with E-state index in [1.54, 1.807) is 6.07 Å². The van der Waals surface area contributed by atoms with Gasteiger partial charge in [-0.2, -0.15) is 0 Å². The first-order valence-electron chi connectivity index (χ1n) is 11.6. The molecule has 4 aliphatic rings. The van der Waals surface area contributed by atoms with E-state index in [1.807, 2.05) is 48.5 Å². The van der Waals surface area contributed by atoms with E-state index in [-0.39, 0.29) is 12.2 Å². The Morgan fingerprint density at radius 3 is 1.72 bits per heavy atom. The van der Waals surface area contributed by atoms with E-state index in [0.29, 0.717) is 22.3 Å². The molecule has 182 valence electrons. The van der Waals surface area contributed by atoms with Crippen molar-refractivity contribution in [1.29, 1.82) is 0 Å². The predicted octanol–water partition coefficient (Wildman–Crippen LogP) is 4.85. The van der Waals surface area contributed by atoms with Gasteiger partial charge in [0.05, 0.1) is 11.8 Å². The number of imide groups is 1. The summed E-state index contributed by atoms with van der Waals surface area (Å²) in [4.78, 5) is 38.9. The smallest absolute Gasteiger partial charge is 0.329 e. The first-order chi connectivity index (χ1) is 17.2. The van der Waals surface area contributed by atoms with Gasteiger partial charge in [0.2, 0.25) is 11.8 Å². The number of hydrogen-bond acceptors (Lipinski definition) is 4. The molecule has 0 N–H and O–H groups in total. The molecule has 36 heavy (non-hydrogen) atoms.